The Bertz CT molecular complexity index is 408. The van der Waals surface area contributed by atoms with E-state index in [0.717, 1.165) is 5.69 Å². The van der Waals surface area contributed by atoms with Gasteiger partial charge in [-0.2, -0.15) is 5.10 Å². The van der Waals surface area contributed by atoms with Gasteiger partial charge in [-0.15, -0.1) is 0 Å². The fraction of sp³-hybridized carbons (Fsp3) is 0.500. The zero-order valence-corrected chi connectivity index (χ0v) is 10.5. The van der Waals surface area contributed by atoms with Gasteiger partial charge in [0.2, 0.25) is 5.91 Å². The van der Waals surface area contributed by atoms with E-state index in [2.05, 4.69) is 10.4 Å². The third kappa shape index (κ3) is 4.40. The molecule has 0 fully saturated rings. The summed E-state index contributed by atoms with van der Waals surface area (Å²) in [7, 11) is 1.81. The Hall–Kier alpha value is -1.62. The van der Waals surface area contributed by atoms with Gasteiger partial charge in [0.05, 0.1) is 5.69 Å². The van der Waals surface area contributed by atoms with Crippen molar-refractivity contribution in [3.05, 3.63) is 24.0 Å². The molecule has 5 heteroatoms. The second kappa shape index (κ2) is 5.63. The topological polar surface area (TPSA) is 67.2 Å². The summed E-state index contributed by atoms with van der Waals surface area (Å²) in [5.74, 6) is -0.173. The SMILES string of the molecule is Cn1nccc1/C=C/C(=O)NCC(C)(C)CO. The average Bonchev–Trinajstić information content (AvgIpc) is 2.70. The Labute approximate surface area is 101 Å². The number of nitrogens with one attached hydrogen (secondary N) is 1. The Morgan fingerprint density at radius 2 is 2.35 bits per heavy atom. The highest BCUT2D eigenvalue weighted by atomic mass is 16.3. The Morgan fingerprint density at radius 3 is 2.88 bits per heavy atom. The molecule has 0 radical (unpaired) electrons. The van der Waals surface area contributed by atoms with Crippen LogP contribution in [-0.4, -0.2) is 33.9 Å². The molecule has 1 amide bonds. The highest BCUT2D eigenvalue weighted by molar-refractivity contribution is 5.91. The zero-order valence-electron chi connectivity index (χ0n) is 10.5. The number of hydrogen-bond acceptors (Lipinski definition) is 3. The third-order valence-corrected chi connectivity index (χ3v) is 2.43. The smallest absolute Gasteiger partial charge is 0.244 e. The number of carbonyl (C=O) groups is 1. The van der Waals surface area contributed by atoms with Crippen LogP contribution in [0.1, 0.15) is 19.5 Å². The molecule has 0 aliphatic rings. The molecule has 1 aromatic heterocycles. The van der Waals surface area contributed by atoms with Crippen LogP contribution in [0.15, 0.2) is 18.3 Å². The lowest BCUT2D eigenvalue weighted by molar-refractivity contribution is -0.116. The molecule has 5 nitrogen and oxygen atoms in total. The van der Waals surface area contributed by atoms with Crippen LogP contribution in [-0.2, 0) is 11.8 Å². The van der Waals surface area contributed by atoms with Crippen molar-refractivity contribution >= 4 is 12.0 Å². The summed E-state index contributed by atoms with van der Waals surface area (Å²) < 4.78 is 1.68. The molecule has 0 aromatic carbocycles. The summed E-state index contributed by atoms with van der Waals surface area (Å²) in [6.07, 6.45) is 4.84. The first-order valence-corrected chi connectivity index (χ1v) is 5.49. The first kappa shape index (κ1) is 13.4. The Morgan fingerprint density at radius 1 is 1.65 bits per heavy atom. The van der Waals surface area contributed by atoms with Crippen molar-refractivity contribution in [1.82, 2.24) is 15.1 Å². The van der Waals surface area contributed by atoms with Gasteiger partial charge in [-0.3, -0.25) is 9.48 Å². The molecule has 2 N–H and O–H groups in total. The van der Waals surface area contributed by atoms with Gasteiger partial charge in [-0.05, 0) is 12.1 Å². The van der Waals surface area contributed by atoms with Gasteiger partial charge in [0.15, 0.2) is 0 Å². The van der Waals surface area contributed by atoms with E-state index < -0.39 is 0 Å². The number of aryl methyl sites for hydroxylation is 1. The van der Waals surface area contributed by atoms with E-state index in [0.29, 0.717) is 6.54 Å². The van der Waals surface area contributed by atoms with Crippen molar-refractivity contribution in [2.24, 2.45) is 12.5 Å². The van der Waals surface area contributed by atoms with Crippen molar-refractivity contribution in [3.63, 3.8) is 0 Å². The predicted octanol–water partition coefficient (Wildman–Crippen LogP) is 0.568. The van der Waals surface area contributed by atoms with Gasteiger partial charge < -0.3 is 10.4 Å². The maximum atomic E-state index is 11.5. The van der Waals surface area contributed by atoms with E-state index in [1.165, 1.54) is 6.08 Å². The number of nitrogens with zero attached hydrogens (tertiary/aromatic N) is 2. The van der Waals surface area contributed by atoms with Gasteiger partial charge >= 0.3 is 0 Å². The summed E-state index contributed by atoms with van der Waals surface area (Å²) in [4.78, 5) is 11.5. The summed E-state index contributed by atoms with van der Waals surface area (Å²) in [6.45, 7) is 4.26. The van der Waals surface area contributed by atoms with Crippen molar-refractivity contribution in [1.29, 1.82) is 0 Å². The molecular weight excluding hydrogens is 218 g/mol. The number of carbonyl (C=O) groups excluding carboxylic acids is 1. The maximum Gasteiger partial charge on any atom is 0.244 e. The molecule has 17 heavy (non-hydrogen) atoms. The lowest BCUT2D eigenvalue weighted by Gasteiger charge is -2.21. The Kier molecular flexibility index (Phi) is 4.45. The third-order valence-electron chi connectivity index (χ3n) is 2.43. The first-order chi connectivity index (χ1) is 7.94. The monoisotopic (exact) mass is 237 g/mol. The van der Waals surface area contributed by atoms with Crippen LogP contribution in [0.5, 0.6) is 0 Å². The number of hydrogen-bond donors (Lipinski definition) is 2. The minimum Gasteiger partial charge on any atom is -0.396 e. The van der Waals surface area contributed by atoms with Crippen LogP contribution < -0.4 is 5.32 Å². The van der Waals surface area contributed by atoms with Crippen LogP contribution in [0.2, 0.25) is 0 Å². The van der Waals surface area contributed by atoms with Crippen LogP contribution in [0.25, 0.3) is 6.08 Å². The van der Waals surface area contributed by atoms with Crippen LogP contribution in [0, 0.1) is 5.41 Å². The highest BCUT2D eigenvalue weighted by Gasteiger charge is 2.16. The summed E-state index contributed by atoms with van der Waals surface area (Å²) in [5, 5.41) is 15.8. The molecule has 1 aromatic rings. The summed E-state index contributed by atoms with van der Waals surface area (Å²) in [6, 6.07) is 1.82. The van der Waals surface area contributed by atoms with Crippen molar-refractivity contribution in [2.75, 3.05) is 13.2 Å². The van der Waals surface area contributed by atoms with Crippen molar-refractivity contribution < 1.29 is 9.90 Å². The molecular formula is C12H19N3O2. The van der Waals surface area contributed by atoms with Gasteiger partial charge in [-0.25, -0.2) is 0 Å². The molecule has 0 bridgehead atoms. The van der Waals surface area contributed by atoms with E-state index in [9.17, 15) is 4.79 Å². The van der Waals surface area contributed by atoms with Gasteiger partial charge in [-0.1, -0.05) is 13.8 Å². The minimum absolute atomic E-state index is 0.0404. The van der Waals surface area contributed by atoms with Crippen molar-refractivity contribution in [2.45, 2.75) is 13.8 Å². The van der Waals surface area contributed by atoms with Gasteiger partial charge in [0, 0.05) is 37.9 Å². The second-order valence-corrected chi connectivity index (χ2v) is 4.75. The Balaban J connectivity index is 2.46. The molecule has 0 saturated heterocycles. The largest absolute Gasteiger partial charge is 0.396 e. The molecule has 0 aliphatic heterocycles. The number of aliphatic hydroxyl groups excluding tert-OH is 1. The lowest BCUT2D eigenvalue weighted by Crippen LogP contribution is -2.35. The molecule has 0 saturated carbocycles. The highest BCUT2D eigenvalue weighted by Crippen LogP contribution is 2.11. The molecule has 94 valence electrons. The summed E-state index contributed by atoms with van der Waals surface area (Å²) in [5.41, 5.74) is 0.567. The van der Waals surface area contributed by atoms with E-state index in [4.69, 9.17) is 5.11 Å². The normalized spacial score (nSPS) is 12.0. The molecule has 0 atom stereocenters. The predicted molar refractivity (Wildman–Crippen MR) is 66.1 cm³/mol. The molecule has 1 heterocycles. The van der Waals surface area contributed by atoms with E-state index in [-0.39, 0.29) is 17.9 Å². The van der Waals surface area contributed by atoms with E-state index >= 15 is 0 Å². The number of rotatable bonds is 5. The van der Waals surface area contributed by atoms with Crippen LogP contribution in [0.4, 0.5) is 0 Å². The molecule has 1 rings (SSSR count). The second-order valence-electron chi connectivity index (χ2n) is 4.75. The fourth-order valence-corrected chi connectivity index (χ4v) is 1.15. The van der Waals surface area contributed by atoms with E-state index in [1.54, 1.807) is 17.0 Å². The van der Waals surface area contributed by atoms with Gasteiger partial charge in [0.1, 0.15) is 0 Å². The van der Waals surface area contributed by atoms with Crippen LogP contribution in [0.3, 0.4) is 0 Å². The average molecular weight is 237 g/mol. The quantitative estimate of drug-likeness (QED) is 0.736. The molecule has 0 spiro atoms. The zero-order chi connectivity index (χ0) is 12.9. The number of aliphatic hydroxyl groups is 1. The van der Waals surface area contributed by atoms with Crippen LogP contribution >= 0.6 is 0 Å². The number of aromatic nitrogens is 2. The minimum atomic E-state index is -0.296. The van der Waals surface area contributed by atoms with Gasteiger partial charge in [0.25, 0.3) is 0 Å². The number of amides is 1. The first-order valence-electron chi connectivity index (χ1n) is 5.49. The maximum absolute atomic E-state index is 11.5. The fourth-order valence-electron chi connectivity index (χ4n) is 1.15. The van der Waals surface area contributed by atoms with Crippen molar-refractivity contribution in [3.8, 4) is 0 Å². The standard InChI is InChI=1S/C12H19N3O2/c1-12(2,9-16)8-13-11(17)5-4-10-6-7-14-15(10)3/h4-7,16H,8-9H2,1-3H3,(H,13,17)/b5-4+. The van der Waals surface area contributed by atoms with E-state index in [1.807, 2.05) is 27.0 Å². The molecule has 0 aliphatic carbocycles. The summed E-state index contributed by atoms with van der Waals surface area (Å²) >= 11 is 0. The lowest BCUT2D eigenvalue weighted by atomic mass is 9.95. The molecule has 0 unspecified atom stereocenters.